The highest BCUT2D eigenvalue weighted by molar-refractivity contribution is 14.1. The van der Waals surface area contributed by atoms with Gasteiger partial charge in [0.2, 0.25) is 0 Å². The number of thiazole rings is 1. The van der Waals surface area contributed by atoms with Gasteiger partial charge in [-0.25, -0.2) is 9.97 Å². The molecule has 4 aromatic rings. The third-order valence-corrected chi connectivity index (χ3v) is 5.62. The lowest BCUT2D eigenvalue weighted by molar-refractivity contribution is 0.102. The van der Waals surface area contributed by atoms with Gasteiger partial charge >= 0.3 is 0 Å². The molecular formula is C19H12IN3OS. The van der Waals surface area contributed by atoms with Crippen LogP contribution in [-0.4, -0.2) is 15.9 Å². The number of nitrogens with one attached hydrogen (secondary N) is 1. The van der Waals surface area contributed by atoms with Gasteiger partial charge in [0, 0.05) is 21.0 Å². The van der Waals surface area contributed by atoms with E-state index in [1.54, 1.807) is 17.5 Å². The van der Waals surface area contributed by atoms with Crippen LogP contribution in [0.4, 0.5) is 5.69 Å². The van der Waals surface area contributed by atoms with E-state index in [1.165, 1.54) is 0 Å². The molecular weight excluding hydrogens is 445 g/mol. The number of rotatable bonds is 3. The summed E-state index contributed by atoms with van der Waals surface area (Å²) in [5, 5.41) is 3.85. The molecule has 2 heterocycles. The van der Waals surface area contributed by atoms with Crippen molar-refractivity contribution in [2.45, 2.75) is 0 Å². The number of pyridine rings is 1. The van der Waals surface area contributed by atoms with Crippen molar-refractivity contribution in [3.8, 4) is 10.6 Å². The Morgan fingerprint density at radius 1 is 1.04 bits per heavy atom. The first-order valence-electron chi connectivity index (χ1n) is 7.58. The first-order chi connectivity index (χ1) is 12.2. The summed E-state index contributed by atoms with van der Waals surface area (Å²) in [6, 6.07) is 19.1. The number of hydrogen-bond acceptors (Lipinski definition) is 4. The summed E-state index contributed by atoms with van der Waals surface area (Å²) in [6.45, 7) is 0. The zero-order chi connectivity index (χ0) is 17.2. The fourth-order valence-electron chi connectivity index (χ4n) is 2.47. The Labute approximate surface area is 162 Å². The molecule has 25 heavy (non-hydrogen) atoms. The molecule has 0 saturated carbocycles. The number of carbonyl (C=O) groups excluding carboxylic acids is 1. The van der Waals surface area contributed by atoms with Crippen LogP contribution in [0.15, 0.2) is 66.9 Å². The molecule has 0 unspecified atom stereocenters. The summed E-state index contributed by atoms with van der Waals surface area (Å²) in [6.07, 6.45) is 1.77. The molecule has 0 radical (unpaired) electrons. The van der Waals surface area contributed by atoms with E-state index in [0.29, 0.717) is 5.56 Å². The predicted octanol–water partition coefficient (Wildman–Crippen LogP) is 5.22. The quantitative estimate of drug-likeness (QED) is 0.430. The van der Waals surface area contributed by atoms with Gasteiger partial charge in [-0.15, -0.1) is 0 Å². The van der Waals surface area contributed by atoms with Gasteiger partial charge in [0.1, 0.15) is 15.4 Å². The number of amides is 1. The van der Waals surface area contributed by atoms with Gasteiger partial charge in [-0.05, 0) is 59.0 Å². The van der Waals surface area contributed by atoms with Crippen molar-refractivity contribution in [1.29, 1.82) is 0 Å². The smallest absolute Gasteiger partial charge is 0.256 e. The summed E-state index contributed by atoms with van der Waals surface area (Å²) in [4.78, 5) is 22.3. The van der Waals surface area contributed by atoms with Crippen LogP contribution in [0.2, 0.25) is 0 Å². The number of carbonyl (C=O) groups is 1. The van der Waals surface area contributed by atoms with E-state index in [0.717, 1.165) is 30.2 Å². The monoisotopic (exact) mass is 457 g/mol. The average Bonchev–Trinajstić information content (AvgIpc) is 3.06. The van der Waals surface area contributed by atoms with E-state index in [-0.39, 0.29) is 5.91 Å². The lowest BCUT2D eigenvalue weighted by atomic mass is 10.2. The molecule has 4 rings (SSSR count). The maximum absolute atomic E-state index is 12.5. The molecule has 0 bridgehead atoms. The molecule has 2 aromatic carbocycles. The van der Waals surface area contributed by atoms with Gasteiger partial charge in [-0.2, -0.15) is 0 Å². The number of halogens is 1. The molecule has 122 valence electrons. The molecule has 2 aromatic heterocycles. The Balaban J connectivity index is 1.63. The average molecular weight is 457 g/mol. The van der Waals surface area contributed by atoms with Crippen molar-refractivity contribution < 1.29 is 4.79 Å². The molecule has 0 aliphatic rings. The second kappa shape index (κ2) is 6.89. The number of aromatic nitrogens is 2. The zero-order valence-corrected chi connectivity index (χ0v) is 15.9. The van der Waals surface area contributed by atoms with E-state index < -0.39 is 0 Å². The topological polar surface area (TPSA) is 54.9 Å². The van der Waals surface area contributed by atoms with E-state index in [1.807, 2.05) is 60.7 Å². The van der Waals surface area contributed by atoms with Crippen molar-refractivity contribution in [3.05, 3.63) is 76.0 Å². The molecule has 1 N–H and O–H groups in total. The van der Waals surface area contributed by atoms with E-state index in [2.05, 4.69) is 37.9 Å². The highest BCUT2D eigenvalue weighted by Gasteiger charge is 2.11. The van der Waals surface area contributed by atoms with Crippen molar-refractivity contribution in [1.82, 2.24) is 9.97 Å². The van der Waals surface area contributed by atoms with Crippen molar-refractivity contribution in [2.75, 3.05) is 5.32 Å². The Bertz CT molecular complexity index is 1040. The van der Waals surface area contributed by atoms with Crippen LogP contribution in [0.1, 0.15) is 10.4 Å². The minimum Gasteiger partial charge on any atom is -0.322 e. The summed E-state index contributed by atoms with van der Waals surface area (Å²) < 4.78 is 0.922. The number of anilines is 1. The third kappa shape index (κ3) is 3.40. The summed E-state index contributed by atoms with van der Waals surface area (Å²) in [7, 11) is 0. The van der Waals surface area contributed by atoms with E-state index >= 15 is 0 Å². The SMILES string of the molecule is O=C(Nc1cccc(-c2nc3cccnc3s2)c1)c1ccccc1I. The van der Waals surface area contributed by atoms with Crippen LogP contribution in [0, 0.1) is 3.57 Å². The van der Waals surface area contributed by atoms with Crippen LogP contribution in [0.3, 0.4) is 0 Å². The van der Waals surface area contributed by atoms with Crippen molar-refractivity contribution >= 4 is 55.9 Å². The van der Waals surface area contributed by atoms with Crippen LogP contribution in [0.25, 0.3) is 20.9 Å². The number of hydrogen-bond donors (Lipinski definition) is 1. The lowest BCUT2D eigenvalue weighted by Gasteiger charge is -2.08. The third-order valence-electron chi connectivity index (χ3n) is 3.65. The Morgan fingerprint density at radius 2 is 1.92 bits per heavy atom. The van der Waals surface area contributed by atoms with Crippen molar-refractivity contribution in [2.24, 2.45) is 0 Å². The second-order valence-electron chi connectivity index (χ2n) is 5.36. The second-order valence-corrected chi connectivity index (χ2v) is 7.50. The van der Waals surface area contributed by atoms with Crippen molar-refractivity contribution in [3.63, 3.8) is 0 Å². The van der Waals surface area contributed by atoms with Crippen LogP contribution >= 0.6 is 33.9 Å². The molecule has 0 aliphatic heterocycles. The maximum atomic E-state index is 12.5. The minimum atomic E-state index is -0.117. The number of nitrogens with zero attached hydrogens (tertiary/aromatic N) is 2. The molecule has 0 spiro atoms. The molecule has 0 saturated heterocycles. The van der Waals surface area contributed by atoms with Gasteiger partial charge < -0.3 is 5.32 Å². The van der Waals surface area contributed by atoms with Gasteiger partial charge in [0.25, 0.3) is 5.91 Å². The van der Waals surface area contributed by atoms with E-state index in [9.17, 15) is 4.79 Å². The predicted molar refractivity (Wildman–Crippen MR) is 110 cm³/mol. The van der Waals surface area contributed by atoms with Crippen LogP contribution in [-0.2, 0) is 0 Å². The number of fused-ring (bicyclic) bond motifs is 1. The van der Waals surface area contributed by atoms with Gasteiger partial charge in [-0.1, -0.05) is 35.6 Å². The fourth-order valence-corrected chi connectivity index (χ4v) is 4.00. The Morgan fingerprint density at radius 3 is 2.76 bits per heavy atom. The Hall–Kier alpha value is -2.32. The first kappa shape index (κ1) is 16.2. The highest BCUT2D eigenvalue weighted by Crippen LogP contribution is 2.30. The molecule has 1 amide bonds. The molecule has 6 heteroatoms. The van der Waals surface area contributed by atoms with Crippen LogP contribution in [0.5, 0.6) is 0 Å². The Kier molecular flexibility index (Phi) is 4.46. The summed E-state index contributed by atoms with van der Waals surface area (Å²) in [5.74, 6) is -0.117. The largest absolute Gasteiger partial charge is 0.322 e. The van der Waals surface area contributed by atoms with E-state index in [4.69, 9.17) is 0 Å². The fraction of sp³-hybridized carbons (Fsp3) is 0. The van der Waals surface area contributed by atoms with Gasteiger partial charge in [-0.3, -0.25) is 4.79 Å². The normalized spacial score (nSPS) is 10.8. The van der Waals surface area contributed by atoms with Gasteiger partial charge in [0.15, 0.2) is 0 Å². The molecule has 4 nitrogen and oxygen atoms in total. The molecule has 0 aliphatic carbocycles. The highest BCUT2D eigenvalue weighted by atomic mass is 127. The standard InChI is InChI=1S/C19H12IN3OS/c20-15-8-2-1-7-14(15)17(24)22-13-6-3-5-12(11-13)18-23-16-9-4-10-21-19(16)25-18/h1-11H,(H,22,24). The lowest BCUT2D eigenvalue weighted by Crippen LogP contribution is -2.13. The molecule has 0 fully saturated rings. The first-order valence-corrected chi connectivity index (χ1v) is 9.48. The number of benzene rings is 2. The maximum Gasteiger partial charge on any atom is 0.256 e. The van der Waals surface area contributed by atoms with Gasteiger partial charge in [0.05, 0.1) is 5.56 Å². The summed E-state index contributed by atoms with van der Waals surface area (Å²) >= 11 is 3.71. The minimum absolute atomic E-state index is 0.117. The summed E-state index contributed by atoms with van der Waals surface area (Å²) in [5.41, 5.74) is 3.26. The molecule has 0 atom stereocenters. The zero-order valence-electron chi connectivity index (χ0n) is 12.9. The van der Waals surface area contributed by atoms with Crippen LogP contribution < -0.4 is 5.32 Å².